The number of carbonyl (C=O) groups is 1. The third-order valence-electron chi connectivity index (χ3n) is 2.24. The van der Waals surface area contributed by atoms with E-state index in [0.29, 0.717) is 0 Å². The Bertz CT molecular complexity index is 588. The zero-order chi connectivity index (χ0) is 14.4. The first kappa shape index (κ1) is 14.4. The molecule has 0 spiro atoms. The predicted molar refractivity (Wildman–Crippen MR) is 85.0 cm³/mol. The fraction of sp³-hybridized carbons (Fsp3) is 0.154. The maximum Gasteiger partial charge on any atom is 0.355 e. The van der Waals surface area contributed by atoms with Gasteiger partial charge in [0.25, 0.3) is 0 Å². The molecule has 0 aliphatic heterocycles. The van der Waals surface area contributed by atoms with Crippen molar-refractivity contribution in [1.82, 2.24) is 10.9 Å². The quantitative estimate of drug-likeness (QED) is 0.661. The first-order chi connectivity index (χ1) is 9.63. The summed E-state index contributed by atoms with van der Waals surface area (Å²) in [6.45, 7) is 4.03. The van der Waals surface area contributed by atoms with Crippen molar-refractivity contribution in [1.29, 1.82) is 0 Å². The molecule has 20 heavy (non-hydrogen) atoms. The van der Waals surface area contributed by atoms with E-state index in [1.54, 1.807) is 35.1 Å². The van der Waals surface area contributed by atoms with E-state index in [-0.39, 0.29) is 0 Å². The SMILES string of the molecule is Cc1ccc(/C=N\NC(=O)N/N=C/c2ccc(C)s2)s1. The average Bonchev–Trinajstić information content (AvgIpc) is 2.99. The molecule has 0 aromatic carbocycles. The molecular formula is C13H14N4OS2. The summed E-state index contributed by atoms with van der Waals surface area (Å²) in [4.78, 5) is 15.8. The van der Waals surface area contributed by atoms with Crippen LogP contribution in [0.2, 0.25) is 0 Å². The van der Waals surface area contributed by atoms with Gasteiger partial charge in [0.05, 0.1) is 12.4 Å². The van der Waals surface area contributed by atoms with Crippen molar-refractivity contribution in [3.8, 4) is 0 Å². The van der Waals surface area contributed by atoms with E-state index in [2.05, 4.69) is 21.1 Å². The molecule has 0 bridgehead atoms. The Balaban J connectivity index is 1.75. The van der Waals surface area contributed by atoms with E-state index in [1.807, 2.05) is 38.1 Å². The molecule has 104 valence electrons. The normalized spacial score (nSPS) is 11.3. The van der Waals surface area contributed by atoms with Crippen molar-refractivity contribution in [3.63, 3.8) is 0 Å². The molecule has 0 radical (unpaired) electrons. The van der Waals surface area contributed by atoms with Crippen LogP contribution in [0.15, 0.2) is 34.5 Å². The van der Waals surface area contributed by atoms with Gasteiger partial charge in [-0.05, 0) is 38.1 Å². The summed E-state index contributed by atoms with van der Waals surface area (Å²) in [5.74, 6) is 0. The van der Waals surface area contributed by atoms with Crippen LogP contribution in [0.5, 0.6) is 0 Å². The lowest BCUT2D eigenvalue weighted by Gasteiger charge is -1.96. The maximum atomic E-state index is 11.4. The molecule has 2 heterocycles. The van der Waals surface area contributed by atoms with Gasteiger partial charge in [-0.25, -0.2) is 15.6 Å². The highest BCUT2D eigenvalue weighted by atomic mass is 32.1. The number of urea groups is 1. The van der Waals surface area contributed by atoms with Crippen molar-refractivity contribution in [3.05, 3.63) is 43.8 Å². The number of thiophene rings is 2. The van der Waals surface area contributed by atoms with Gasteiger partial charge in [-0.3, -0.25) is 0 Å². The number of hydrazone groups is 2. The third-order valence-corrected chi connectivity index (χ3v) is 4.11. The molecule has 0 atom stereocenters. The van der Waals surface area contributed by atoms with Crippen LogP contribution in [0.3, 0.4) is 0 Å². The Morgan fingerprint density at radius 2 is 1.40 bits per heavy atom. The Labute approximate surface area is 125 Å². The lowest BCUT2D eigenvalue weighted by Crippen LogP contribution is -2.28. The van der Waals surface area contributed by atoms with Gasteiger partial charge in [0.1, 0.15) is 0 Å². The number of nitrogens with one attached hydrogen (secondary N) is 2. The van der Waals surface area contributed by atoms with E-state index in [9.17, 15) is 4.79 Å². The number of rotatable bonds is 4. The summed E-state index contributed by atoms with van der Waals surface area (Å²) in [5, 5.41) is 7.67. The van der Waals surface area contributed by atoms with E-state index < -0.39 is 6.03 Å². The van der Waals surface area contributed by atoms with Crippen LogP contribution >= 0.6 is 22.7 Å². The number of carbonyl (C=O) groups excluding carboxylic acids is 1. The highest BCUT2D eigenvalue weighted by Gasteiger charge is 1.96. The van der Waals surface area contributed by atoms with Gasteiger partial charge < -0.3 is 0 Å². The molecular weight excluding hydrogens is 292 g/mol. The molecule has 2 aromatic rings. The van der Waals surface area contributed by atoms with E-state index in [1.165, 1.54) is 9.75 Å². The van der Waals surface area contributed by atoms with Gasteiger partial charge in [0.15, 0.2) is 0 Å². The summed E-state index contributed by atoms with van der Waals surface area (Å²) in [6.07, 6.45) is 3.20. The average molecular weight is 306 g/mol. The molecule has 0 aliphatic rings. The molecule has 2 amide bonds. The maximum absolute atomic E-state index is 11.4. The van der Waals surface area contributed by atoms with Crippen LogP contribution in [0.1, 0.15) is 19.5 Å². The zero-order valence-electron chi connectivity index (χ0n) is 11.1. The van der Waals surface area contributed by atoms with E-state index >= 15 is 0 Å². The van der Waals surface area contributed by atoms with Crippen LogP contribution < -0.4 is 10.9 Å². The van der Waals surface area contributed by atoms with Crippen LogP contribution in [-0.2, 0) is 0 Å². The minimum absolute atomic E-state index is 0.473. The summed E-state index contributed by atoms with van der Waals surface area (Å²) >= 11 is 3.22. The van der Waals surface area contributed by atoms with E-state index in [0.717, 1.165) is 9.75 Å². The topological polar surface area (TPSA) is 65.8 Å². The fourth-order valence-corrected chi connectivity index (χ4v) is 2.88. The molecule has 0 aliphatic carbocycles. The largest absolute Gasteiger partial charge is 0.355 e. The molecule has 7 heteroatoms. The van der Waals surface area contributed by atoms with Crippen LogP contribution in [-0.4, -0.2) is 18.5 Å². The van der Waals surface area contributed by atoms with Crippen molar-refractivity contribution in [2.75, 3.05) is 0 Å². The zero-order valence-corrected chi connectivity index (χ0v) is 12.7. The Morgan fingerprint density at radius 3 is 1.75 bits per heavy atom. The number of amides is 2. The number of aryl methyl sites for hydroxylation is 2. The summed E-state index contributed by atoms with van der Waals surface area (Å²) in [7, 11) is 0. The number of nitrogens with zero attached hydrogens (tertiary/aromatic N) is 2. The van der Waals surface area contributed by atoms with Gasteiger partial charge in [-0.15, -0.1) is 22.7 Å². The second-order valence-electron chi connectivity index (χ2n) is 3.97. The van der Waals surface area contributed by atoms with Crippen molar-refractivity contribution >= 4 is 41.1 Å². The lowest BCUT2D eigenvalue weighted by molar-refractivity contribution is 0.242. The highest BCUT2D eigenvalue weighted by Crippen LogP contribution is 2.12. The highest BCUT2D eigenvalue weighted by molar-refractivity contribution is 7.13. The van der Waals surface area contributed by atoms with Gasteiger partial charge in [-0.1, -0.05) is 0 Å². The molecule has 0 fully saturated rings. The van der Waals surface area contributed by atoms with Crippen LogP contribution in [0, 0.1) is 13.8 Å². The first-order valence-electron chi connectivity index (χ1n) is 5.88. The van der Waals surface area contributed by atoms with Crippen LogP contribution in [0.4, 0.5) is 4.79 Å². The van der Waals surface area contributed by atoms with Gasteiger partial charge >= 0.3 is 6.03 Å². The lowest BCUT2D eigenvalue weighted by atomic mass is 10.4. The van der Waals surface area contributed by atoms with Crippen LogP contribution in [0.25, 0.3) is 0 Å². The molecule has 0 unspecified atom stereocenters. The molecule has 0 saturated carbocycles. The molecule has 2 aromatic heterocycles. The van der Waals surface area contributed by atoms with Crippen molar-refractivity contribution in [2.24, 2.45) is 10.2 Å². The molecule has 2 N–H and O–H groups in total. The molecule has 2 rings (SSSR count). The summed E-state index contributed by atoms with van der Waals surface area (Å²) in [6, 6.07) is 7.42. The van der Waals surface area contributed by atoms with Gasteiger partial charge in [0.2, 0.25) is 0 Å². The Kier molecular flexibility index (Phi) is 5.03. The minimum Gasteiger partial charge on any atom is -0.245 e. The first-order valence-corrected chi connectivity index (χ1v) is 7.52. The second-order valence-corrected chi connectivity index (χ2v) is 6.60. The van der Waals surface area contributed by atoms with Gasteiger partial charge in [0, 0.05) is 19.5 Å². The third kappa shape index (κ3) is 4.60. The Morgan fingerprint density at radius 1 is 0.950 bits per heavy atom. The summed E-state index contributed by atoms with van der Waals surface area (Å²) in [5.41, 5.74) is 4.70. The Hall–Kier alpha value is -1.99. The predicted octanol–water partition coefficient (Wildman–Crippen LogP) is 3.09. The van der Waals surface area contributed by atoms with Crippen molar-refractivity contribution in [2.45, 2.75) is 13.8 Å². The standard InChI is InChI=1S/C13H14N4OS2/c1-9-3-5-11(19-9)7-14-16-13(18)17-15-8-12-6-4-10(2)20-12/h3-8H,1-2H3,(H2,16,17,18)/b14-7-,15-8+. The smallest absolute Gasteiger partial charge is 0.245 e. The molecule has 5 nitrogen and oxygen atoms in total. The number of hydrogen-bond acceptors (Lipinski definition) is 5. The van der Waals surface area contributed by atoms with Gasteiger partial charge in [-0.2, -0.15) is 10.2 Å². The fourth-order valence-electron chi connectivity index (χ4n) is 1.38. The van der Waals surface area contributed by atoms with Crippen molar-refractivity contribution < 1.29 is 4.79 Å². The van der Waals surface area contributed by atoms with E-state index in [4.69, 9.17) is 0 Å². The minimum atomic E-state index is -0.473. The number of hydrogen-bond donors (Lipinski definition) is 2. The molecule has 0 saturated heterocycles. The second kappa shape index (κ2) is 6.97. The monoisotopic (exact) mass is 306 g/mol. The summed E-state index contributed by atoms with van der Waals surface area (Å²) < 4.78 is 0.